The van der Waals surface area contributed by atoms with Crippen LogP contribution in [0.2, 0.25) is 5.02 Å². The number of nitrogens with one attached hydrogen (secondary N) is 1. The van der Waals surface area contributed by atoms with Gasteiger partial charge in [0.15, 0.2) is 5.03 Å². The average Bonchev–Trinajstić information content (AvgIpc) is 2.58. The van der Waals surface area contributed by atoms with Crippen LogP contribution in [-0.2, 0) is 16.0 Å². The maximum absolute atomic E-state index is 12.6. The second kappa shape index (κ2) is 7.99. The number of sulfone groups is 1. The molecule has 1 aromatic heterocycles. The minimum Gasteiger partial charge on any atom is -0.390 e. The van der Waals surface area contributed by atoms with E-state index in [4.69, 9.17) is 23.2 Å². The van der Waals surface area contributed by atoms with E-state index < -0.39 is 37.7 Å². The van der Waals surface area contributed by atoms with Gasteiger partial charge < -0.3 is 10.4 Å². The summed E-state index contributed by atoms with van der Waals surface area (Å²) in [4.78, 5) is 3.20. The summed E-state index contributed by atoms with van der Waals surface area (Å²) in [5.41, 5.74) is -0.613. The van der Waals surface area contributed by atoms with Gasteiger partial charge in [0.05, 0.1) is 27.5 Å². The first-order valence-electron chi connectivity index (χ1n) is 7.11. The molecule has 26 heavy (non-hydrogen) atoms. The largest absolute Gasteiger partial charge is 0.417 e. The standard InChI is InChI=1S/C15H13Cl2F3N2O3S/c16-6-11(23)8-21-10-1-3-12(4-2-10)26(24,25)14-13(17)5-9(7-22-14)15(18,19)20/h1-5,7,11,21,23H,6,8H2. The summed E-state index contributed by atoms with van der Waals surface area (Å²) >= 11 is 11.2. The van der Waals surface area contributed by atoms with Crippen molar-refractivity contribution in [2.24, 2.45) is 0 Å². The molecule has 0 bridgehead atoms. The van der Waals surface area contributed by atoms with E-state index in [2.05, 4.69) is 10.3 Å². The second-order valence-corrected chi connectivity index (χ2v) is 7.81. The highest BCUT2D eigenvalue weighted by Gasteiger charge is 2.33. The van der Waals surface area contributed by atoms with E-state index in [9.17, 15) is 26.7 Å². The number of hydrogen-bond donors (Lipinski definition) is 2. The number of anilines is 1. The fraction of sp³-hybridized carbons (Fsp3) is 0.267. The first-order valence-corrected chi connectivity index (χ1v) is 9.51. The molecule has 0 saturated carbocycles. The van der Waals surface area contributed by atoms with Crippen molar-refractivity contribution in [2.45, 2.75) is 22.2 Å². The zero-order valence-electron chi connectivity index (χ0n) is 13.0. The van der Waals surface area contributed by atoms with Crippen molar-refractivity contribution in [2.75, 3.05) is 17.7 Å². The van der Waals surface area contributed by atoms with Gasteiger partial charge in [-0.3, -0.25) is 0 Å². The fourth-order valence-electron chi connectivity index (χ4n) is 1.93. The molecule has 2 N–H and O–H groups in total. The molecule has 2 aromatic rings. The Bertz CT molecular complexity index is 875. The summed E-state index contributed by atoms with van der Waals surface area (Å²) in [6.07, 6.45) is -5.03. The molecule has 1 aromatic carbocycles. The lowest BCUT2D eigenvalue weighted by Crippen LogP contribution is -2.20. The highest BCUT2D eigenvalue weighted by Crippen LogP contribution is 2.33. The van der Waals surface area contributed by atoms with E-state index in [1.54, 1.807) is 0 Å². The molecular formula is C15H13Cl2F3N2O3S. The van der Waals surface area contributed by atoms with E-state index in [-0.39, 0.29) is 17.3 Å². The summed E-state index contributed by atoms with van der Waals surface area (Å²) in [5.74, 6) is 0.0392. The number of nitrogens with zero attached hydrogens (tertiary/aromatic N) is 1. The van der Waals surface area contributed by atoms with Gasteiger partial charge in [0.1, 0.15) is 0 Å². The van der Waals surface area contributed by atoms with Crippen LogP contribution in [0, 0.1) is 0 Å². The third-order valence-corrected chi connectivity index (χ3v) is 5.76. The molecule has 0 saturated heterocycles. The van der Waals surface area contributed by atoms with Crippen LogP contribution in [0.1, 0.15) is 5.56 Å². The highest BCUT2D eigenvalue weighted by atomic mass is 35.5. The monoisotopic (exact) mass is 428 g/mol. The van der Waals surface area contributed by atoms with Crippen molar-refractivity contribution in [3.63, 3.8) is 0 Å². The van der Waals surface area contributed by atoms with Gasteiger partial charge in [-0.1, -0.05) is 11.6 Å². The zero-order chi connectivity index (χ0) is 19.5. The normalized spacial score (nSPS) is 13.5. The summed E-state index contributed by atoms with van der Waals surface area (Å²) < 4.78 is 63.0. The van der Waals surface area contributed by atoms with Crippen LogP contribution < -0.4 is 5.32 Å². The van der Waals surface area contributed by atoms with Crippen molar-refractivity contribution >= 4 is 38.7 Å². The molecule has 0 aliphatic rings. The minimum absolute atomic E-state index is 0.0392. The van der Waals surface area contributed by atoms with Crippen LogP contribution in [0.3, 0.4) is 0 Å². The number of hydrogen-bond acceptors (Lipinski definition) is 5. The van der Waals surface area contributed by atoms with Gasteiger partial charge in [-0.05, 0) is 30.3 Å². The SMILES string of the molecule is O=S(=O)(c1ccc(NCC(O)CCl)cc1)c1ncc(C(F)(F)F)cc1Cl. The molecule has 0 amide bonds. The molecule has 1 heterocycles. The quantitative estimate of drug-likeness (QED) is 0.687. The average molecular weight is 429 g/mol. The summed E-state index contributed by atoms with van der Waals surface area (Å²) in [6.45, 7) is 0.169. The number of pyridine rings is 1. The number of alkyl halides is 4. The number of aliphatic hydroxyl groups is 1. The lowest BCUT2D eigenvalue weighted by Gasteiger charge is -2.12. The fourth-order valence-corrected chi connectivity index (χ4v) is 3.74. The van der Waals surface area contributed by atoms with Gasteiger partial charge in [0, 0.05) is 18.4 Å². The summed E-state index contributed by atoms with van der Waals surface area (Å²) in [5, 5.41) is 10.9. The van der Waals surface area contributed by atoms with Gasteiger partial charge in [-0.25, -0.2) is 13.4 Å². The van der Waals surface area contributed by atoms with Crippen LogP contribution in [-0.4, -0.2) is 37.0 Å². The summed E-state index contributed by atoms with van der Waals surface area (Å²) in [7, 11) is -4.19. The Morgan fingerprint density at radius 2 is 1.85 bits per heavy atom. The van der Waals surface area contributed by atoms with Crippen LogP contribution in [0.25, 0.3) is 0 Å². The molecular weight excluding hydrogens is 416 g/mol. The zero-order valence-corrected chi connectivity index (χ0v) is 15.3. The molecule has 0 aliphatic carbocycles. The number of halogens is 5. The first-order chi connectivity index (χ1) is 12.1. The predicted molar refractivity (Wildman–Crippen MR) is 91.4 cm³/mol. The van der Waals surface area contributed by atoms with Crippen molar-refractivity contribution in [3.05, 3.63) is 47.1 Å². The number of aromatic nitrogens is 1. The molecule has 11 heteroatoms. The molecule has 0 fully saturated rings. The maximum Gasteiger partial charge on any atom is 0.417 e. The predicted octanol–water partition coefficient (Wildman–Crippen LogP) is 3.60. The van der Waals surface area contributed by atoms with Crippen molar-refractivity contribution < 1.29 is 26.7 Å². The van der Waals surface area contributed by atoms with E-state index in [0.29, 0.717) is 18.0 Å². The number of aliphatic hydroxyl groups excluding tert-OH is 1. The smallest absolute Gasteiger partial charge is 0.390 e. The lowest BCUT2D eigenvalue weighted by atomic mass is 10.3. The molecule has 0 aliphatic heterocycles. The lowest BCUT2D eigenvalue weighted by molar-refractivity contribution is -0.137. The van der Waals surface area contributed by atoms with Gasteiger partial charge >= 0.3 is 6.18 Å². The first kappa shape index (κ1) is 20.8. The molecule has 1 unspecified atom stereocenters. The van der Waals surface area contributed by atoms with Crippen molar-refractivity contribution in [1.29, 1.82) is 0 Å². The van der Waals surface area contributed by atoms with Crippen LogP contribution >= 0.6 is 23.2 Å². The topological polar surface area (TPSA) is 79.3 Å². The number of rotatable bonds is 6. The van der Waals surface area contributed by atoms with Crippen LogP contribution in [0.4, 0.5) is 18.9 Å². The van der Waals surface area contributed by atoms with Gasteiger partial charge in [0.25, 0.3) is 0 Å². The van der Waals surface area contributed by atoms with Crippen LogP contribution in [0.5, 0.6) is 0 Å². The molecule has 0 radical (unpaired) electrons. The highest BCUT2D eigenvalue weighted by molar-refractivity contribution is 7.91. The Morgan fingerprint density at radius 1 is 1.23 bits per heavy atom. The Morgan fingerprint density at radius 3 is 2.35 bits per heavy atom. The molecule has 5 nitrogen and oxygen atoms in total. The van der Waals surface area contributed by atoms with Crippen molar-refractivity contribution in [3.8, 4) is 0 Å². The van der Waals surface area contributed by atoms with E-state index in [1.165, 1.54) is 24.3 Å². The van der Waals surface area contributed by atoms with Gasteiger partial charge in [0.2, 0.25) is 9.84 Å². The number of benzene rings is 1. The second-order valence-electron chi connectivity index (χ2n) is 5.23. The van der Waals surface area contributed by atoms with E-state index in [0.717, 1.165) is 0 Å². The Labute approximate surface area is 157 Å². The minimum atomic E-state index is -4.68. The van der Waals surface area contributed by atoms with Gasteiger partial charge in [-0.15, -0.1) is 11.6 Å². The summed E-state index contributed by atoms with van der Waals surface area (Å²) in [6, 6.07) is 5.89. The van der Waals surface area contributed by atoms with Gasteiger partial charge in [-0.2, -0.15) is 13.2 Å². The van der Waals surface area contributed by atoms with E-state index >= 15 is 0 Å². The molecule has 2 rings (SSSR count). The van der Waals surface area contributed by atoms with Crippen LogP contribution in [0.15, 0.2) is 46.5 Å². The van der Waals surface area contributed by atoms with E-state index in [1.807, 2.05) is 0 Å². The molecule has 0 spiro atoms. The third kappa shape index (κ3) is 4.79. The third-order valence-electron chi connectivity index (χ3n) is 3.27. The Kier molecular flexibility index (Phi) is 6.38. The van der Waals surface area contributed by atoms with Crippen molar-refractivity contribution in [1.82, 2.24) is 4.98 Å². The maximum atomic E-state index is 12.6. The Balaban J connectivity index is 2.27. The molecule has 142 valence electrons. The Hall–Kier alpha value is -1.55. The molecule has 1 atom stereocenters.